The van der Waals surface area contributed by atoms with Crippen LogP contribution in [-0.4, -0.2) is 11.4 Å². The summed E-state index contributed by atoms with van der Waals surface area (Å²) in [6, 6.07) is 19.7. The summed E-state index contributed by atoms with van der Waals surface area (Å²) in [5.74, 6) is 0.823. The van der Waals surface area contributed by atoms with E-state index in [0.717, 1.165) is 27.6 Å². The molecule has 2 aliphatic heterocycles. The van der Waals surface area contributed by atoms with Gasteiger partial charge in [-0.25, -0.2) is 0 Å². The van der Waals surface area contributed by atoms with E-state index in [9.17, 15) is 4.79 Å². The van der Waals surface area contributed by atoms with Crippen LogP contribution >= 0.6 is 11.6 Å². The summed E-state index contributed by atoms with van der Waals surface area (Å²) in [7, 11) is 0. The lowest BCUT2D eigenvalue weighted by atomic mass is 9.81. The fourth-order valence-corrected chi connectivity index (χ4v) is 4.35. The molecule has 0 fully saturated rings. The van der Waals surface area contributed by atoms with Crippen molar-refractivity contribution in [1.82, 2.24) is 0 Å². The highest BCUT2D eigenvalue weighted by Gasteiger charge is 2.42. The predicted molar refractivity (Wildman–Crippen MR) is 113 cm³/mol. The summed E-state index contributed by atoms with van der Waals surface area (Å²) in [6.45, 7) is 3.94. The number of fused-ring (bicyclic) bond motifs is 4. The van der Waals surface area contributed by atoms with E-state index in [1.165, 1.54) is 0 Å². The highest BCUT2D eigenvalue weighted by atomic mass is 35.5. The van der Waals surface area contributed by atoms with Crippen LogP contribution in [0.5, 0.6) is 0 Å². The monoisotopic (exact) mass is 389 g/mol. The van der Waals surface area contributed by atoms with Crippen molar-refractivity contribution in [3.8, 4) is 0 Å². The van der Waals surface area contributed by atoms with Crippen LogP contribution in [0.15, 0.2) is 66.2 Å². The maximum Gasteiger partial charge on any atom is 0.168 e. The van der Waals surface area contributed by atoms with Gasteiger partial charge in [0.25, 0.3) is 0 Å². The van der Waals surface area contributed by atoms with Crippen LogP contribution in [0.1, 0.15) is 37.4 Å². The number of rotatable bonds is 1. The molecule has 0 saturated heterocycles. The van der Waals surface area contributed by atoms with Gasteiger partial charge in [-0.15, -0.1) is 0 Å². The normalized spacial score (nSPS) is 20.2. The third-order valence-electron chi connectivity index (χ3n) is 5.46. The Labute approximate surface area is 169 Å². The molecule has 0 amide bonds. The van der Waals surface area contributed by atoms with Crippen LogP contribution in [0.2, 0.25) is 5.02 Å². The summed E-state index contributed by atoms with van der Waals surface area (Å²) in [6.07, 6.45) is 0.359. The minimum atomic E-state index is -0.536. The van der Waals surface area contributed by atoms with Crippen LogP contribution in [0, 0.1) is 0 Å². The summed E-state index contributed by atoms with van der Waals surface area (Å²) >= 11 is 6.08. The third kappa shape index (κ3) is 2.70. The molecule has 2 aliphatic rings. The Bertz CT molecular complexity index is 1140. The standard InChI is InChI=1S/C24H20ClNO2/c1-24(2)13-19(27)21-22(15-7-10-16(25)11-8-15)26-18-12-9-14-5-3-4-6-17(14)20(18)23(21)28-24/h3-12,22,26H,13H2,1-2H3/t22-/m1/s1. The number of carbonyl (C=O) groups excluding carboxylic acids is 1. The number of ether oxygens (including phenoxy) is 1. The maximum absolute atomic E-state index is 13.2. The number of nitrogens with one attached hydrogen (secondary N) is 1. The van der Waals surface area contributed by atoms with Crippen LogP contribution in [0.3, 0.4) is 0 Å². The number of Topliss-reactive ketones (excluding diaryl/α,β-unsaturated/α-hetero) is 1. The lowest BCUT2D eigenvalue weighted by molar-refractivity contribution is -0.121. The van der Waals surface area contributed by atoms with Crippen molar-refractivity contribution in [2.75, 3.05) is 5.32 Å². The molecule has 1 N–H and O–H groups in total. The van der Waals surface area contributed by atoms with Crippen molar-refractivity contribution in [3.63, 3.8) is 0 Å². The quantitative estimate of drug-likeness (QED) is 0.543. The molecule has 0 spiro atoms. The van der Waals surface area contributed by atoms with Gasteiger partial charge < -0.3 is 10.1 Å². The van der Waals surface area contributed by atoms with Gasteiger partial charge in [-0.3, -0.25) is 4.79 Å². The smallest absolute Gasteiger partial charge is 0.168 e. The maximum atomic E-state index is 13.2. The van der Waals surface area contributed by atoms with Gasteiger partial charge in [-0.05, 0) is 48.4 Å². The fraction of sp³-hybridized carbons (Fsp3) is 0.208. The molecule has 140 valence electrons. The Hall–Kier alpha value is -2.78. The first-order valence-electron chi connectivity index (χ1n) is 9.43. The molecule has 0 unspecified atom stereocenters. The number of carbonyl (C=O) groups is 1. The molecule has 0 aromatic heterocycles. The van der Waals surface area contributed by atoms with Crippen molar-refractivity contribution >= 4 is 39.6 Å². The van der Waals surface area contributed by atoms with Gasteiger partial charge in [0.2, 0.25) is 0 Å². The Morgan fingerprint density at radius 1 is 1.04 bits per heavy atom. The van der Waals surface area contributed by atoms with Crippen molar-refractivity contribution < 1.29 is 9.53 Å². The third-order valence-corrected chi connectivity index (χ3v) is 5.71. The molecule has 0 bridgehead atoms. The van der Waals surface area contributed by atoms with E-state index < -0.39 is 5.60 Å². The van der Waals surface area contributed by atoms with Gasteiger partial charge >= 0.3 is 0 Å². The minimum absolute atomic E-state index is 0.122. The summed E-state index contributed by atoms with van der Waals surface area (Å²) in [5, 5.41) is 6.46. The number of halogens is 1. The van der Waals surface area contributed by atoms with Crippen molar-refractivity contribution in [2.24, 2.45) is 0 Å². The molecule has 3 aromatic rings. The van der Waals surface area contributed by atoms with E-state index in [4.69, 9.17) is 16.3 Å². The molecule has 28 heavy (non-hydrogen) atoms. The van der Waals surface area contributed by atoms with Crippen molar-refractivity contribution in [2.45, 2.75) is 31.9 Å². The van der Waals surface area contributed by atoms with Gasteiger partial charge in [0.05, 0.1) is 18.0 Å². The Morgan fingerprint density at radius 2 is 1.79 bits per heavy atom. The summed E-state index contributed by atoms with van der Waals surface area (Å²) < 4.78 is 6.45. The molecule has 0 radical (unpaired) electrons. The first-order valence-corrected chi connectivity index (χ1v) is 9.81. The second-order valence-corrected chi connectivity index (χ2v) is 8.48. The van der Waals surface area contributed by atoms with Gasteiger partial charge in [-0.2, -0.15) is 0 Å². The van der Waals surface area contributed by atoms with E-state index in [-0.39, 0.29) is 11.8 Å². The van der Waals surface area contributed by atoms with E-state index >= 15 is 0 Å². The first kappa shape index (κ1) is 17.3. The van der Waals surface area contributed by atoms with Gasteiger partial charge in [0.1, 0.15) is 11.4 Å². The van der Waals surface area contributed by atoms with Crippen molar-refractivity contribution in [3.05, 3.63) is 82.4 Å². The molecule has 0 saturated carbocycles. The second-order valence-electron chi connectivity index (χ2n) is 8.04. The van der Waals surface area contributed by atoms with Gasteiger partial charge in [0, 0.05) is 16.3 Å². The highest BCUT2D eigenvalue weighted by Crippen LogP contribution is 2.48. The molecule has 3 aromatic carbocycles. The molecule has 4 heteroatoms. The Kier molecular flexibility index (Phi) is 3.78. The lowest BCUT2D eigenvalue weighted by Gasteiger charge is -2.40. The Balaban J connectivity index is 1.79. The second kappa shape index (κ2) is 6.11. The molecule has 1 atom stereocenters. The topological polar surface area (TPSA) is 38.3 Å². The van der Waals surface area contributed by atoms with E-state index in [2.05, 4.69) is 29.6 Å². The fourth-order valence-electron chi connectivity index (χ4n) is 4.22. The average Bonchev–Trinajstić information content (AvgIpc) is 2.66. The number of hydrogen-bond acceptors (Lipinski definition) is 3. The molecule has 3 nitrogen and oxygen atoms in total. The SMILES string of the molecule is CC1(C)CC(=O)C2=C(O1)c1c(ccc3ccccc13)N[C@@H]2c1ccc(Cl)cc1. The van der Waals surface area contributed by atoms with Crippen LogP contribution in [0.4, 0.5) is 5.69 Å². The van der Waals surface area contributed by atoms with Gasteiger partial charge in [0.15, 0.2) is 5.78 Å². The van der Waals surface area contributed by atoms with Crippen molar-refractivity contribution in [1.29, 1.82) is 0 Å². The van der Waals surface area contributed by atoms with E-state index in [0.29, 0.717) is 22.8 Å². The number of ketones is 1. The van der Waals surface area contributed by atoms with E-state index in [1.54, 1.807) is 0 Å². The first-order chi connectivity index (χ1) is 13.4. The van der Waals surface area contributed by atoms with Crippen LogP contribution in [0.25, 0.3) is 16.5 Å². The molecule has 5 rings (SSSR count). The zero-order valence-corrected chi connectivity index (χ0v) is 16.5. The van der Waals surface area contributed by atoms with Gasteiger partial charge in [-0.1, -0.05) is 54.1 Å². The summed E-state index contributed by atoms with van der Waals surface area (Å²) in [5.41, 5.74) is 3.10. The van der Waals surface area contributed by atoms with Crippen LogP contribution < -0.4 is 5.32 Å². The molecule has 0 aliphatic carbocycles. The average molecular weight is 390 g/mol. The molecule has 2 heterocycles. The number of anilines is 1. The zero-order chi connectivity index (χ0) is 19.5. The molecular weight excluding hydrogens is 370 g/mol. The largest absolute Gasteiger partial charge is 0.486 e. The minimum Gasteiger partial charge on any atom is -0.486 e. The van der Waals surface area contributed by atoms with Crippen LogP contribution in [-0.2, 0) is 9.53 Å². The Morgan fingerprint density at radius 3 is 2.57 bits per heavy atom. The summed E-state index contributed by atoms with van der Waals surface area (Å²) in [4.78, 5) is 13.2. The predicted octanol–water partition coefficient (Wildman–Crippen LogP) is 6.14. The number of benzene rings is 3. The molecular formula is C24H20ClNO2. The highest BCUT2D eigenvalue weighted by molar-refractivity contribution is 6.30. The van der Waals surface area contributed by atoms with E-state index in [1.807, 2.05) is 50.2 Å². The zero-order valence-electron chi connectivity index (χ0n) is 15.8. The number of hydrogen-bond donors (Lipinski definition) is 1. The lowest BCUT2D eigenvalue weighted by Crippen LogP contribution is -2.38.